The lowest BCUT2D eigenvalue weighted by molar-refractivity contribution is -0.140. The highest BCUT2D eigenvalue weighted by atomic mass is 35.5. The van der Waals surface area contributed by atoms with Gasteiger partial charge in [-0.05, 0) is 68.0 Å². The van der Waals surface area contributed by atoms with Crippen molar-refractivity contribution >= 4 is 29.1 Å². The number of hydrogen-bond acceptors (Lipinski definition) is 5. The van der Waals surface area contributed by atoms with E-state index in [1.807, 2.05) is 0 Å². The summed E-state index contributed by atoms with van der Waals surface area (Å²) in [7, 11) is 0. The van der Waals surface area contributed by atoms with E-state index in [9.17, 15) is 19.8 Å². The molecule has 0 bridgehead atoms. The van der Waals surface area contributed by atoms with Gasteiger partial charge >= 0.3 is 0 Å². The summed E-state index contributed by atoms with van der Waals surface area (Å²) in [4.78, 5) is 29.6. The highest BCUT2D eigenvalue weighted by molar-refractivity contribution is 6.46. The average Bonchev–Trinajstić information content (AvgIpc) is 3.01. The van der Waals surface area contributed by atoms with E-state index < -0.39 is 17.7 Å². The Morgan fingerprint density at radius 3 is 2.39 bits per heavy atom. The predicted molar refractivity (Wildman–Crippen MR) is 121 cm³/mol. The van der Waals surface area contributed by atoms with E-state index in [0.29, 0.717) is 29.1 Å². The van der Waals surface area contributed by atoms with Gasteiger partial charge in [0.15, 0.2) is 0 Å². The first kappa shape index (κ1) is 22.8. The quantitative estimate of drug-likeness (QED) is 0.364. The predicted octanol–water partition coefficient (Wildman–Crippen LogP) is 4.20. The number of ketones is 1. The zero-order chi connectivity index (χ0) is 22.5. The molecule has 1 amide bonds. The Morgan fingerprint density at radius 1 is 1.10 bits per heavy atom. The molecule has 164 valence electrons. The number of nitrogens with zero attached hydrogens (tertiary/aromatic N) is 2. The normalized spacial score (nSPS) is 18.2. The van der Waals surface area contributed by atoms with Crippen LogP contribution in [0.4, 0.5) is 0 Å². The van der Waals surface area contributed by atoms with Gasteiger partial charge in [-0.15, -0.1) is 0 Å². The first-order valence-electron chi connectivity index (χ1n) is 10.4. The van der Waals surface area contributed by atoms with E-state index in [1.165, 1.54) is 17.0 Å². The summed E-state index contributed by atoms with van der Waals surface area (Å²) in [6.07, 6.45) is 0.686. The maximum absolute atomic E-state index is 13.0. The van der Waals surface area contributed by atoms with Crippen molar-refractivity contribution in [2.45, 2.75) is 26.3 Å². The molecule has 2 aromatic rings. The van der Waals surface area contributed by atoms with Crippen LogP contribution in [0.25, 0.3) is 5.76 Å². The summed E-state index contributed by atoms with van der Waals surface area (Å²) in [5.74, 6) is -1.61. The molecule has 6 nitrogen and oxygen atoms in total. The molecule has 2 aromatic carbocycles. The number of Topliss-reactive ketones (excluding diaryl/α,β-unsaturated/α-hetero) is 1. The van der Waals surface area contributed by atoms with Crippen LogP contribution in [0.5, 0.6) is 5.75 Å². The second-order valence-electron chi connectivity index (χ2n) is 7.47. The van der Waals surface area contributed by atoms with Gasteiger partial charge in [0, 0.05) is 17.1 Å². The zero-order valence-corrected chi connectivity index (χ0v) is 18.5. The molecule has 1 atom stereocenters. The number of phenolic OH excluding ortho intramolecular Hbond substituents is 1. The number of halogens is 1. The van der Waals surface area contributed by atoms with Crippen LogP contribution >= 0.6 is 11.6 Å². The molecule has 0 spiro atoms. The van der Waals surface area contributed by atoms with Crippen molar-refractivity contribution in [2.75, 3.05) is 26.2 Å². The standard InChI is InChI=1S/C24H27ClN2O4/c1-3-26(4-2)13-6-14-27-21(17-7-5-8-19(28)15-17)20(23(30)24(27)31)22(29)16-9-11-18(25)12-10-16/h5,7-12,15,21,28-29H,3-4,6,13-14H2,1-2H3. The molecular formula is C24H27ClN2O4. The summed E-state index contributed by atoms with van der Waals surface area (Å²) in [6, 6.07) is 12.1. The summed E-state index contributed by atoms with van der Waals surface area (Å²) < 4.78 is 0. The summed E-state index contributed by atoms with van der Waals surface area (Å²) in [6.45, 7) is 7.12. The summed E-state index contributed by atoms with van der Waals surface area (Å²) in [5, 5.41) is 21.5. The van der Waals surface area contributed by atoms with Crippen molar-refractivity contribution in [3.63, 3.8) is 0 Å². The molecule has 1 fully saturated rings. The number of aromatic hydroxyl groups is 1. The number of amides is 1. The lowest BCUT2D eigenvalue weighted by atomic mass is 9.95. The summed E-state index contributed by atoms with van der Waals surface area (Å²) in [5.41, 5.74) is 0.981. The SMILES string of the molecule is CCN(CC)CCCN1C(=O)C(=O)C(=C(O)c2ccc(Cl)cc2)C1c1cccc(O)c1. The van der Waals surface area contributed by atoms with Gasteiger partial charge < -0.3 is 20.0 Å². The van der Waals surface area contributed by atoms with Gasteiger partial charge in [0.1, 0.15) is 11.5 Å². The Balaban J connectivity index is 2.02. The van der Waals surface area contributed by atoms with Crippen molar-refractivity contribution in [3.05, 3.63) is 70.3 Å². The monoisotopic (exact) mass is 442 g/mol. The van der Waals surface area contributed by atoms with Crippen molar-refractivity contribution in [1.29, 1.82) is 0 Å². The fourth-order valence-corrected chi connectivity index (χ4v) is 4.05. The second-order valence-corrected chi connectivity index (χ2v) is 7.91. The minimum Gasteiger partial charge on any atom is -0.508 e. The van der Waals surface area contributed by atoms with E-state index >= 15 is 0 Å². The molecule has 1 heterocycles. The first-order chi connectivity index (χ1) is 14.9. The van der Waals surface area contributed by atoms with Gasteiger partial charge in [-0.3, -0.25) is 9.59 Å². The second kappa shape index (κ2) is 9.98. The Bertz CT molecular complexity index is 983. The Labute approximate surface area is 187 Å². The topological polar surface area (TPSA) is 81.1 Å². The fourth-order valence-electron chi connectivity index (χ4n) is 3.92. The van der Waals surface area contributed by atoms with Gasteiger partial charge in [0.2, 0.25) is 0 Å². The molecule has 0 aliphatic carbocycles. The molecule has 0 aromatic heterocycles. The van der Waals surface area contributed by atoms with Crippen LogP contribution in [-0.4, -0.2) is 57.9 Å². The maximum Gasteiger partial charge on any atom is 0.295 e. The zero-order valence-electron chi connectivity index (χ0n) is 17.7. The van der Waals surface area contributed by atoms with Gasteiger partial charge in [-0.1, -0.05) is 37.6 Å². The van der Waals surface area contributed by atoms with Crippen LogP contribution in [-0.2, 0) is 9.59 Å². The molecule has 0 saturated carbocycles. The molecule has 3 rings (SSSR count). The number of aliphatic hydroxyl groups excluding tert-OH is 1. The minimum absolute atomic E-state index is 0.0146. The highest BCUT2D eigenvalue weighted by Crippen LogP contribution is 2.40. The van der Waals surface area contributed by atoms with Gasteiger partial charge in [-0.2, -0.15) is 0 Å². The molecule has 1 aliphatic rings. The molecule has 1 aliphatic heterocycles. The number of phenols is 1. The van der Waals surface area contributed by atoms with E-state index in [0.717, 1.165) is 19.6 Å². The molecule has 1 saturated heterocycles. The van der Waals surface area contributed by atoms with Gasteiger partial charge in [-0.25, -0.2) is 0 Å². The van der Waals surface area contributed by atoms with Crippen molar-refractivity contribution in [2.24, 2.45) is 0 Å². The van der Waals surface area contributed by atoms with Gasteiger partial charge in [0.05, 0.1) is 11.6 Å². The van der Waals surface area contributed by atoms with E-state index in [4.69, 9.17) is 11.6 Å². The molecule has 1 unspecified atom stereocenters. The maximum atomic E-state index is 13.0. The van der Waals surface area contributed by atoms with Crippen molar-refractivity contribution in [3.8, 4) is 5.75 Å². The van der Waals surface area contributed by atoms with Crippen LogP contribution in [0, 0.1) is 0 Å². The molecule has 2 N–H and O–H groups in total. The molecule has 0 radical (unpaired) electrons. The highest BCUT2D eigenvalue weighted by Gasteiger charge is 2.45. The van der Waals surface area contributed by atoms with Crippen LogP contribution in [0.3, 0.4) is 0 Å². The van der Waals surface area contributed by atoms with Crippen LogP contribution < -0.4 is 0 Å². The third kappa shape index (κ3) is 4.92. The smallest absolute Gasteiger partial charge is 0.295 e. The number of carbonyl (C=O) groups excluding carboxylic acids is 2. The number of benzene rings is 2. The Hall–Kier alpha value is -2.83. The number of hydrogen-bond donors (Lipinski definition) is 2. The van der Waals surface area contributed by atoms with E-state index in [-0.39, 0.29) is 17.1 Å². The van der Waals surface area contributed by atoms with Crippen LogP contribution in [0.15, 0.2) is 54.1 Å². The Morgan fingerprint density at radius 2 is 1.77 bits per heavy atom. The number of likely N-dealkylation sites (tertiary alicyclic amines) is 1. The fraction of sp³-hybridized carbons (Fsp3) is 0.333. The number of rotatable bonds is 8. The minimum atomic E-state index is -0.778. The van der Waals surface area contributed by atoms with E-state index in [2.05, 4.69) is 18.7 Å². The Kier molecular flexibility index (Phi) is 7.36. The number of carbonyl (C=O) groups is 2. The van der Waals surface area contributed by atoms with Crippen molar-refractivity contribution in [1.82, 2.24) is 9.80 Å². The van der Waals surface area contributed by atoms with Crippen LogP contribution in [0.2, 0.25) is 5.02 Å². The number of aliphatic hydroxyl groups is 1. The lowest BCUT2D eigenvalue weighted by Gasteiger charge is -2.26. The molecule has 31 heavy (non-hydrogen) atoms. The van der Waals surface area contributed by atoms with Gasteiger partial charge in [0.25, 0.3) is 11.7 Å². The van der Waals surface area contributed by atoms with Crippen molar-refractivity contribution < 1.29 is 19.8 Å². The summed E-state index contributed by atoms with van der Waals surface area (Å²) >= 11 is 5.94. The molecule has 7 heteroatoms. The lowest BCUT2D eigenvalue weighted by Crippen LogP contribution is -2.33. The largest absolute Gasteiger partial charge is 0.508 e. The average molecular weight is 443 g/mol. The van der Waals surface area contributed by atoms with Crippen LogP contribution in [0.1, 0.15) is 37.4 Å². The van der Waals surface area contributed by atoms with E-state index in [1.54, 1.807) is 36.4 Å². The first-order valence-corrected chi connectivity index (χ1v) is 10.8. The third-order valence-electron chi connectivity index (χ3n) is 5.61. The third-order valence-corrected chi connectivity index (χ3v) is 5.86. The molecular weight excluding hydrogens is 416 g/mol.